The first-order valence-electron chi connectivity index (χ1n) is 16.3. The number of aromatic nitrogens is 1. The van der Waals surface area contributed by atoms with E-state index in [9.17, 15) is 0 Å². The molecule has 0 atom stereocenters. The standard InChI is InChI=1S/C44H33NO/c1-43(2)36-24-26(28-15-11-16-32-31-12-7-10-19-39(31)46-42(28)32)20-22-29(36)30-23-21-27(25-37(30)43)45-38-18-9-6-14-34(38)40-41(45)33-13-5-8-17-35(33)44(40,3)4/h5-25H,1-4H3. The molecule has 10 rings (SSSR count). The fraction of sp³-hybridized carbons (Fsp3) is 0.136. The highest BCUT2D eigenvalue weighted by Gasteiger charge is 2.41. The van der Waals surface area contributed by atoms with Gasteiger partial charge in [0, 0.05) is 43.8 Å². The number of furan rings is 1. The van der Waals surface area contributed by atoms with Gasteiger partial charge in [-0.05, 0) is 69.3 Å². The zero-order valence-corrected chi connectivity index (χ0v) is 26.5. The molecular formula is C44H33NO. The van der Waals surface area contributed by atoms with E-state index in [1.165, 1.54) is 66.8 Å². The van der Waals surface area contributed by atoms with Crippen LogP contribution < -0.4 is 0 Å². The minimum absolute atomic E-state index is 0.0673. The van der Waals surface area contributed by atoms with Crippen LogP contribution in [-0.4, -0.2) is 4.57 Å². The van der Waals surface area contributed by atoms with Gasteiger partial charge in [0.05, 0.1) is 11.2 Å². The average molecular weight is 592 g/mol. The number of rotatable bonds is 2. The first-order valence-corrected chi connectivity index (χ1v) is 16.3. The van der Waals surface area contributed by atoms with Gasteiger partial charge in [-0.1, -0.05) is 125 Å². The minimum Gasteiger partial charge on any atom is -0.455 e. The van der Waals surface area contributed by atoms with Gasteiger partial charge in [-0.25, -0.2) is 0 Å². The smallest absolute Gasteiger partial charge is 0.143 e. The number of hydrogen-bond donors (Lipinski definition) is 0. The van der Waals surface area contributed by atoms with Crippen LogP contribution in [0, 0.1) is 0 Å². The van der Waals surface area contributed by atoms with Crippen LogP contribution in [0.4, 0.5) is 0 Å². The van der Waals surface area contributed by atoms with Crippen LogP contribution in [0.1, 0.15) is 49.9 Å². The Labute approximate surface area is 268 Å². The maximum atomic E-state index is 6.44. The Balaban J connectivity index is 1.15. The molecule has 0 bridgehead atoms. The zero-order valence-electron chi connectivity index (χ0n) is 26.5. The van der Waals surface area contributed by atoms with Crippen molar-refractivity contribution in [1.82, 2.24) is 4.57 Å². The zero-order chi connectivity index (χ0) is 30.9. The highest BCUT2D eigenvalue weighted by Crippen LogP contribution is 2.55. The second-order valence-corrected chi connectivity index (χ2v) is 14.1. The quantitative estimate of drug-likeness (QED) is 0.196. The molecule has 0 radical (unpaired) electrons. The highest BCUT2D eigenvalue weighted by atomic mass is 16.3. The SMILES string of the molecule is CC1(C)c2cc(-c3cccc4c3oc3ccccc34)ccc2-c2ccc(-n3c4c(c5ccccc53)C(C)(C)c3ccccc3-4)cc21. The van der Waals surface area contributed by atoms with E-state index >= 15 is 0 Å². The van der Waals surface area contributed by atoms with Gasteiger partial charge in [0.2, 0.25) is 0 Å². The Kier molecular flexibility index (Phi) is 4.89. The maximum absolute atomic E-state index is 6.44. The molecule has 0 unspecified atom stereocenters. The molecule has 0 fully saturated rings. The fourth-order valence-electron chi connectivity index (χ4n) is 8.77. The summed E-state index contributed by atoms with van der Waals surface area (Å²) in [4.78, 5) is 0. The van der Waals surface area contributed by atoms with Gasteiger partial charge in [0.15, 0.2) is 0 Å². The van der Waals surface area contributed by atoms with Crippen molar-refractivity contribution >= 4 is 32.8 Å². The summed E-state index contributed by atoms with van der Waals surface area (Å²) in [6.07, 6.45) is 0. The highest BCUT2D eigenvalue weighted by molar-refractivity contribution is 6.09. The first-order chi connectivity index (χ1) is 22.3. The van der Waals surface area contributed by atoms with Gasteiger partial charge in [-0.2, -0.15) is 0 Å². The Morgan fingerprint density at radius 3 is 2.04 bits per heavy atom. The lowest BCUT2D eigenvalue weighted by Gasteiger charge is -2.23. The molecule has 220 valence electrons. The maximum Gasteiger partial charge on any atom is 0.143 e. The van der Waals surface area contributed by atoms with Crippen molar-refractivity contribution in [2.24, 2.45) is 0 Å². The van der Waals surface area contributed by atoms with Gasteiger partial charge < -0.3 is 8.98 Å². The number of fused-ring (bicyclic) bond motifs is 11. The fourth-order valence-corrected chi connectivity index (χ4v) is 8.77. The van der Waals surface area contributed by atoms with Crippen LogP contribution in [0.15, 0.2) is 132 Å². The summed E-state index contributed by atoms with van der Waals surface area (Å²) in [6.45, 7) is 9.51. The van der Waals surface area contributed by atoms with Crippen molar-refractivity contribution in [3.05, 3.63) is 150 Å². The molecule has 0 N–H and O–H groups in total. The van der Waals surface area contributed by atoms with Gasteiger partial charge in [0.1, 0.15) is 11.2 Å². The average Bonchev–Trinajstić information content (AvgIpc) is 3.76. The summed E-state index contributed by atoms with van der Waals surface area (Å²) in [6, 6.07) is 46.9. The van der Waals surface area contributed by atoms with Crippen molar-refractivity contribution in [3.63, 3.8) is 0 Å². The predicted octanol–water partition coefficient (Wildman–Crippen LogP) is 11.8. The molecule has 0 amide bonds. The van der Waals surface area contributed by atoms with Gasteiger partial charge in [-0.15, -0.1) is 0 Å². The molecule has 6 aromatic carbocycles. The summed E-state index contributed by atoms with van der Waals surface area (Å²) in [5.74, 6) is 0. The summed E-state index contributed by atoms with van der Waals surface area (Å²) < 4.78 is 8.96. The lowest BCUT2D eigenvalue weighted by Crippen LogP contribution is -2.15. The molecule has 2 heteroatoms. The number of benzene rings is 6. The van der Waals surface area contributed by atoms with Crippen LogP contribution in [0.2, 0.25) is 0 Å². The van der Waals surface area contributed by atoms with E-state index in [0.717, 1.165) is 27.5 Å². The number of hydrogen-bond acceptors (Lipinski definition) is 1. The monoisotopic (exact) mass is 591 g/mol. The molecule has 0 aliphatic heterocycles. The first kappa shape index (κ1) is 25.9. The van der Waals surface area contributed by atoms with Crippen LogP contribution in [-0.2, 0) is 10.8 Å². The summed E-state index contributed by atoms with van der Waals surface area (Å²) in [7, 11) is 0. The largest absolute Gasteiger partial charge is 0.455 e. The van der Waals surface area contributed by atoms with Crippen molar-refractivity contribution in [1.29, 1.82) is 0 Å². The molecule has 2 aromatic heterocycles. The lowest BCUT2D eigenvalue weighted by molar-refractivity contribution is 0.659. The second kappa shape index (κ2) is 8.68. The third kappa shape index (κ3) is 3.16. The molecule has 2 aliphatic carbocycles. The van der Waals surface area contributed by atoms with E-state index in [2.05, 4.69) is 154 Å². The molecular weight excluding hydrogens is 558 g/mol. The Morgan fingerprint density at radius 1 is 0.500 bits per heavy atom. The lowest BCUT2D eigenvalue weighted by atomic mass is 9.81. The van der Waals surface area contributed by atoms with E-state index in [4.69, 9.17) is 4.42 Å². The minimum atomic E-state index is -0.165. The molecule has 0 saturated carbocycles. The third-order valence-electron chi connectivity index (χ3n) is 11.0. The Bertz CT molecular complexity index is 2590. The molecule has 46 heavy (non-hydrogen) atoms. The van der Waals surface area contributed by atoms with Gasteiger partial charge in [0.25, 0.3) is 0 Å². The second-order valence-electron chi connectivity index (χ2n) is 14.1. The van der Waals surface area contributed by atoms with E-state index in [-0.39, 0.29) is 10.8 Å². The summed E-state index contributed by atoms with van der Waals surface area (Å²) in [5.41, 5.74) is 17.3. The van der Waals surface area contributed by atoms with Crippen LogP contribution in [0.25, 0.3) is 72.0 Å². The van der Waals surface area contributed by atoms with E-state index in [1.807, 2.05) is 6.07 Å². The molecule has 2 aliphatic rings. The van der Waals surface area contributed by atoms with Crippen LogP contribution >= 0.6 is 0 Å². The molecule has 8 aromatic rings. The van der Waals surface area contributed by atoms with E-state index in [1.54, 1.807) is 0 Å². The predicted molar refractivity (Wildman–Crippen MR) is 191 cm³/mol. The van der Waals surface area contributed by atoms with Crippen molar-refractivity contribution in [3.8, 4) is 39.2 Å². The summed E-state index contributed by atoms with van der Waals surface area (Å²) >= 11 is 0. The third-order valence-corrected chi connectivity index (χ3v) is 11.0. The number of para-hydroxylation sites is 3. The van der Waals surface area contributed by atoms with Crippen LogP contribution in [0.3, 0.4) is 0 Å². The molecule has 2 nitrogen and oxygen atoms in total. The molecule has 2 heterocycles. The number of nitrogens with zero attached hydrogens (tertiary/aromatic N) is 1. The van der Waals surface area contributed by atoms with E-state index < -0.39 is 0 Å². The van der Waals surface area contributed by atoms with Crippen molar-refractivity contribution in [2.75, 3.05) is 0 Å². The topological polar surface area (TPSA) is 18.1 Å². The van der Waals surface area contributed by atoms with Crippen LogP contribution in [0.5, 0.6) is 0 Å². The Morgan fingerprint density at radius 2 is 1.17 bits per heavy atom. The van der Waals surface area contributed by atoms with Gasteiger partial charge in [-0.3, -0.25) is 0 Å². The van der Waals surface area contributed by atoms with Crippen molar-refractivity contribution < 1.29 is 4.42 Å². The van der Waals surface area contributed by atoms with Gasteiger partial charge >= 0.3 is 0 Å². The summed E-state index contributed by atoms with van der Waals surface area (Å²) in [5, 5.41) is 3.67. The van der Waals surface area contributed by atoms with E-state index in [0.29, 0.717) is 0 Å². The normalized spacial score (nSPS) is 15.3. The van der Waals surface area contributed by atoms with Crippen molar-refractivity contribution in [2.45, 2.75) is 38.5 Å². The Hall–Kier alpha value is -5.34. The molecule has 0 saturated heterocycles. The molecule has 0 spiro atoms.